The monoisotopic (exact) mass is 433 g/mol. The third-order valence-electron chi connectivity index (χ3n) is 5.27. The summed E-state index contributed by atoms with van der Waals surface area (Å²) in [5.74, 6) is -1.71. The highest BCUT2D eigenvalue weighted by molar-refractivity contribution is 5.92. The van der Waals surface area contributed by atoms with Gasteiger partial charge in [0.2, 0.25) is 11.8 Å². The summed E-state index contributed by atoms with van der Waals surface area (Å²) >= 11 is 0. The molecule has 7 nitrogen and oxygen atoms in total. The van der Waals surface area contributed by atoms with Gasteiger partial charge in [0, 0.05) is 0 Å². The SMILES string of the molecule is CCOC(=O)[C@@H](NC(=O)[C@@H](NC(=O)[C@@H](N)C(C)(C)C)[C@@H](C)Cc1ccccc1)C(C)C. The van der Waals surface area contributed by atoms with Gasteiger partial charge in [-0.3, -0.25) is 9.59 Å². The highest BCUT2D eigenvalue weighted by Gasteiger charge is 2.35. The van der Waals surface area contributed by atoms with Crippen LogP contribution in [0.1, 0.15) is 54.0 Å². The van der Waals surface area contributed by atoms with Gasteiger partial charge in [-0.15, -0.1) is 0 Å². The van der Waals surface area contributed by atoms with Crippen molar-refractivity contribution in [2.75, 3.05) is 6.61 Å². The van der Waals surface area contributed by atoms with E-state index < -0.39 is 41.3 Å². The Bertz CT molecular complexity index is 728. The van der Waals surface area contributed by atoms with E-state index in [9.17, 15) is 14.4 Å². The summed E-state index contributed by atoms with van der Waals surface area (Å²) in [6, 6.07) is 7.31. The van der Waals surface area contributed by atoms with E-state index in [4.69, 9.17) is 10.5 Å². The van der Waals surface area contributed by atoms with Crippen LogP contribution in [-0.4, -0.2) is 42.5 Å². The Hall–Kier alpha value is -2.41. The summed E-state index contributed by atoms with van der Waals surface area (Å²) in [7, 11) is 0. The Balaban J connectivity index is 3.10. The van der Waals surface area contributed by atoms with Crippen molar-refractivity contribution in [1.29, 1.82) is 0 Å². The van der Waals surface area contributed by atoms with Crippen molar-refractivity contribution in [2.24, 2.45) is 23.0 Å². The van der Waals surface area contributed by atoms with E-state index in [0.717, 1.165) is 5.56 Å². The lowest BCUT2D eigenvalue weighted by molar-refractivity contribution is -0.149. The molecule has 0 saturated heterocycles. The lowest BCUT2D eigenvalue weighted by Crippen LogP contribution is -2.59. The van der Waals surface area contributed by atoms with E-state index in [-0.39, 0.29) is 18.4 Å². The first-order valence-electron chi connectivity index (χ1n) is 10.9. The van der Waals surface area contributed by atoms with Gasteiger partial charge >= 0.3 is 5.97 Å². The number of hydrogen-bond acceptors (Lipinski definition) is 5. The number of carbonyl (C=O) groups is 3. The lowest BCUT2D eigenvalue weighted by Gasteiger charge is -2.31. The van der Waals surface area contributed by atoms with Crippen LogP contribution >= 0.6 is 0 Å². The van der Waals surface area contributed by atoms with Gasteiger partial charge in [-0.1, -0.05) is 71.9 Å². The fourth-order valence-electron chi connectivity index (χ4n) is 3.18. The molecule has 0 aliphatic rings. The normalized spacial score (nSPS) is 15.5. The Morgan fingerprint density at radius 3 is 2.00 bits per heavy atom. The minimum Gasteiger partial charge on any atom is -0.464 e. The molecule has 0 radical (unpaired) electrons. The fourth-order valence-corrected chi connectivity index (χ4v) is 3.18. The van der Waals surface area contributed by atoms with Crippen LogP contribution < -0.4 is 16.4 Å². The van der Waals surface area contributed by atoms with Gasteiger partial charge < -0.3 is 21.1 Å². The molecule has 31 heavy (non-hydrogen) atoms. The van der Waals surface area contributed by atoms with Crippen molar-refractivity contribution >= 4 is 17.8 Å². The van der Waals surface area contributed by atoms with Crippen LogP contribution in [-0.2, 0) is 25.5 Å². The van der Waals surface area contributed by atoms with Crippen molar-refractivity contribution in [3.05, 3.63) is 35.9 Å². The topological polar surface area (TPSA) is 111 Å². The molecule has 0 spiro atoms. The third kappa shape index (κ3) is 8.32. The molecule has 0 aromatic heterocycles. The van der Waals surface area contributed by atoms with Crippen LogP contribution in [0, 0.1) is 17.3 Å². The lowest BCUT2D eigenvalue weighted by atomic mass is 9.86. The molecule has 1 rings (SSSR count). The summed E-state index contributed by atoms with van der Waals surface area (Å²) in [5, 5.41) is 5.61. The van der Waals surface area contributed by atoms with Gasteiger partial charge in [-0.05, 0) is 36.2 Å². The van der Waals surface area contributed by atoms with E-state index in [1.54, 1.807) is 6.92 Å². The maximum Gasteiger partial charge on any atom is 0.328 e. The van der Waals surface area contributed by atoms with Crippen molar-refractivity contribution < 1.29 is 19.1 Å². The second-order valence-corrected chi connectivity index (χ2v) is 9.48. The minimum atomic E-state index is -0.850. The molecule has 4 atom stereocenters. The average Bonchev–Trinajstić information content (AvgIpc) is 2.69. The van der Waals surface area contributed by atoms with Crippen LogP contribution in [0.4, 0.5) is 0 Å². The van der Waals surface area contributed by atoms with E-state index in [2.05, 4.69) is 10.6 Å². The zero-order valence-electron chi connectivity index (χ0n) is 19.9. The molecule has 0 aliphatic carbocycles. The zero-order chi connectivity index (χ0) is 23.8. The number of rotatable bonds is 10. The molecule has 2 amide bonds. The largest absolute Gasteiger partial charge is 0.464 e. The molecule has 174 valence electrons. The minimum absolute atomic E-state index is 0.166. The maximum atomic E-state index is 13.2. The molecule has 1 aromatic carbocycles. The van der Waals surface area contributed by atoms with E-state index in [1.807, 2.05) is 71.9 Å². The van der Waals surface area contributed by atoms with Gasteiger partial charge in [0.15, 0.2) is 0 Å². The number of carbonyl (C=O) groups excluding carboxylic acids is 3. The van der Waals surface area contributed by atoms with Gasteiger partial charge in [0.05, 0.1) is 12.6 Å². The van der Waals surface area contributed by atoms with Gasteiger partial charge in [0.25, 0.3) is 0 Å². The molecule has 7 heteroatoms. The predicted molar refractivity (Wildman–Crippen MR) is 122 cm³/mol. The van der Waals surface area contributed by atoms with Crippen molar-refractivity contribution in [2.45, 2.75) is 73.0 Å². The van der Waals surface area contributed by atoms with E-state index >= 15 is 0 Å². The number of benzene rings is 1. The maximum absolute atomic E-state index is 13.2. The van der Waals surface area contributed by atoms with Gasteiger partial charge in [-0.2, -0.15) is 0 Å². The smallest absolute Gasteiger partial charge is 0.328 e. The Labute approximate surface area is 186 Å². The highest BCUT2D eigenvalue weighted by Crippen LogP contribution is 2.19. The summed E-state index contributed by atoms with van der Waals surface area (Å²) in [6.45, 7) is 13.1. The first kappa shape index (κ1) is 26.6. The second kappa shape index (κ2) is 11.8. The Kier molecular flexibility index (Phi) is 10.2. The highest BCUT2D eigenvalue weighted by atomic mass is 16.5. The Morgan fingerprint density at radius 1 is 0.968 bits per heavy atom. The van der Waals surface area contributed by atoms with Gasteiger partial charge in [-0.25, -0.2) is 4.79 Å². The summed E-state index contributed by atoms with van der Waals surface area (Å²) in [5.41, 5.74) is 6.70. The molecule has 0 bridgehead atoms. The number of nitrogens with two attached hydrogens (primary N) is 1. The molecule has 0 fully saturated rings. The molecule has 0 unspecified atom stereocenters. The number of esters is 1. The van der Waals surface area contributed by atoms with Crippen LogP contribution in [0.2, 0.25) is 0 Å². The summed E-state index contributed by atoms with van der Waals surface area (Å²) in [4.78, 5) is 38.4. The van der Waals surface area contributed by atoms with Crippen LogP contribution in [0.25, 0.3) is 0 Å². The van der Waals surface area contributed by atoms with Crippen molar-refractivity contribution in [1.82, 2.24) is 10.6 Å². The molecule has 0 saturated carbocycles. The van der Waals surface area contributed by atoms with Crippen LogP contribution in [0.5, 0.6) is 0 Å². The molecule has 4 N–H and O–H groups in total. The van der Waals surface area contributed by atoms with Crippen molar-refractivity contribution in [3.8, 4) is 0 Å². The van der Waals surface area contributed by atoms with E-state index in [0.29, 0.717) is 6.42 Å². The standard InChI is InChI=1S/C24H39N3O4/c1-8-31-23(30)18(15(2)3)26-21(28)19(27-22(29)20(25)24(5,6)7)16(4)14-17-12-10-9-11-13-17/h9-13,15-16,18-20H,8,14,25H2,1-7H3,(H,26,28)(H,27,29)/t16-,18-,19-,20+/m0/s1. The number of hydrogen-bond donors (Lipinski definition) is 3. The van der Waals surface area contributed by atoms with Crippen LogP contribution in [0.3, 0.4) is 0 Å². The first-order chi connectivity index (χ1) is 14.4. The molecule has 1 aromatic rings. The second-order valence-electron chi connectivity index (χ2n) is 9.48. The molecular formula is C24H39N3O4. The van der Waals surface area contributed by atoms with Crippen LogP contribution in [0.15, 0.2) is 30.3 Å². The van der Waals surface area contributed by atoms with Gasteiger partial charge in [0.1, 0.15) is 12.1 Å². The number of ether oxygens (including phenoxy) is 1. The fraction of sp³-hybridized carbons (Fsp3) is 0.625. The molecular weight excluding hydrogens is 394 g/mol. The summed E-state index contributed by atoms with van der Waals surface area (Å²) in [6.07, 6.45) is 0.579. The molecule has 0 heterocycles. The van der Waals surface area contributed by atoms with Crippen molar-refractivity contribution in [3.63, 3.8) is 0 Å². The average molecular weight is 434 g/mol. The predicted octanol–water partition coefficient (Wildman–Crippen LogP) is 2.43. The number of amides is 2. The number of nitrogens with one attached hydrogen (secondary N) is 2. The van der Waals surface area contributed by atoms with E-state index in [1.165, 1.54) is 0 Å². The first-order valence-corrected chi connectivity index (χ1v) is 10.9. The zero-order valence-corrected chi connectivity index (χ0v) is 19.9. The Morgan fingerprint density at radius 2 is 1.52 bits per heavy atom. The molecule has 0 aliphatic heterocycles. The third-order valence-corrected chi connectivity index (χ3v) is 5.27. The quantitative estimate of drug-likeness (QED) is 0.491. The summed E-state index contributed by atoms with van der Waals surface area (Å²) < 4.78 is 5.11.